The Bertz CT molecular complexity index is 1790. The number of nitrogens with zero attached hydrogens (tertiary/aromatic N) is 6. The van der Waals surface area contributed by atoms with Gasteiger partial charge in [-0.25, -0.2) is 19.3 Å². The molecule has 2 bridgehead atoms. The summed E-state index contributed by atoms with van der Waals surface area (Å²) in [7, 11) is 0. The van der Waals surface area contributed by atoms with Gasteiger partial charge < -0.3 is 39.6 Å². The second-order valence-electron chi connectivity index (χ2n) is 10.1. The number of hydrogen-bond donors (Lipinski definition) is 7. The normalized spacial score (nSPS) is 37.5. The molecular weight excluding hydrogens is 687 g/mol. The van der Waals surface area contributed by atoms with E-state index in [1.165, 1.54) is 16.8 Å². The van der Waals surface area contributed by atoms with Crippen LogP contribution in [0.2, 0.25) is 0 Å². The fourth-order valence-corrected chi connectivity index (χ4v) is 9.85. The lowest BCUT2D eigenvalue weighted by Crippen LogP contribution is -2.47. The van der Waals surface area contributed by atoms with Crippen molar-refractivity contribution in [3.8, 4) is 0 Å². The van der Waals surface area contributed by atoms with E-state index < -0.39 is 66.9 Å². The minimum atomic E-state index is -4.13. The Morgan fingerprint density at radius 3 is 2.73 bits per heavy atom. The molecule has 7 heterocycles. The summed E-state index contributed by atoms with van der Waals surface area (Å²) in [6, 6.07) is 0. The number of alkyl halides is 1. The summed E-state index contributed by atoms with van der Waals surface area (Å²) in [5.41, 5.74) is 17.0. The van der Waals surface area contributed by atoms with E-state index >= 15 is 4.39 Å². The Hall–Kier alpha value is -2.11. The topological polar surface area (TPSA) is 255 Å². The van der Waals surface area contributed by atoms with E-state index in [-0.39, 0.29) is 47.5 Å². The number of hydrogen-bond acceptors (Lipinski definition) is 18. The Morgan fingerprint density at radius 2 is 1.91 bits per heavy atom. The maximum atomic E-state index is 16.9. The van der Waals surface area contributed by atoms with Crippen LogP contribution >= 0.6 is 25.2 Å². The number of rotatable bonds is 2. The predicted molar refractivity (Wildman–Crippen MR) is 162 cm³/mol. The van der Waals surface area contributed by atoms with E-state index in [0.717, 1.165) is 17.2 Å². The predicted octanol–water partition coefficient (Wildman–Crippen LogP) is -0.471. The molecule has 44 heavy (non-hydrogen) atoms. The van der Waals surface area contributed by atoms with Gasteiger partial charge in [0.15, 0.2) is 29.1 Å². The molecule has 0 aliphatic carbocycles. The molecule has 25 heteroatoms. The lowest BCUT2D eigenvalue weighted by molar-refractivity contribution is -0.0381. The van der Waals surface area contributed by atoms with Crippen LogP contribution in [0.5, 0.6) is 0 Å². The molecule has 9 N–H and O–H groups in total. The van der Waals surface area contributed by atoms with Crippen LogP contribution in [-0.2, 0) is 52.2 Å². The maximum Gasteiger partial charge on any atom is 0.325 e. The van der Waals surface area contributed by atoms with Gasteiger partial charge in [-0.1, -0.05) is 0 Å². The first-order chi connectivity index (χ1) is 20.8. The van der Waals surface area contributed by atoms with Gasteiger partial charge in [-0.2, -0.15) is 4.98 Å². The van der Waals surface area contributed by atoms with Crippen LogP contribution in [0.15, 0.2) is 17.4 Å². The Morgan fingerprint density at radius 1 is 1.14 bits per heavy atom. The molecule has 2 unspecified atom stereocenters. The van der Waals surface area contributed by atoms with Crippen molar-refractivity contribution < 1.29 is 37.0 Å². The average molecular weight is 712 g/mol. The first kappa shape index (κ1) is 30.5. The highest BCUT2D eigenvalue weighted by Crippen LogP contribution is 2.56. The number of nitrogens with two attached hydrogens (primary N) is 2. The SMILES string of the molecule is Nc1nc2c(c(=O)[nH]1)NNN2[C@@H]1S[C@@H]2COP(O)(=S)O[C@@H]3[C@@H](COP(O)(=S)O[C@@H]1C2)OC[C@@]3(F)n1cnc2c(N)ncnc21. The molecule has 19 nitrogen and oxygen atoms in total. The van der Waals surface area contributed by atoms with E-state index in [1.807, 2.05) is 0 Å². The number of aromatic nitrogens is 6. The lowest BCUT2D eigenvalue weighted by Gasteiger charge is -2.33. The number of imidazole rings is 1. The van der Waals surface area contributed by atoms with Crippen molar-refractivity contribution >= 4 is 83.2 Å². The van der Waals surface area contributed by atoms with Gasteiger partial charge in [0.25, 0.3) is 5.56 Å². The van der Waals surface area contributed by atoms with E-state index in [4.69, 9.17) is 57.9 Å². The minimum Gasteiger partial charge on any atom is -0.382 e. The number of aromatic amines is 1. The molecule has 238 valence electrons. The fraction of sp³-hybridized carbons (Fsp3) is 0.526. The van der Waals surface area contributed by atoms with Crippen molar-refractivity contribution in [1.82, 2.24) is 35.0 Å². The van der Waals surface area contributed by atoms with Crippen molar-refractivity contribution in [3.63, 3.8) is 0 Å². The zero-order valence-corrected chi connectivity index (χ0v) is 26.3. The highest BCUT2D eigenvalue weighted by atomic mass is 32.5. The van der Waals surface area contributed by atoms with Crippen LogP contribution in [0.3, 0.4) is 0 Å². The zero-order valence-electron chi connectivity index (χ0n) is 22.0. The number of anilines is 4. The van der Waals surface area contributed by atoms with Gasteiger partial charge in [0.05, 0.1) is 25.6 Å². The molecule has 0 saturated carbocycles. The number of halogens is 1. The molecule has 4 aliphatic heterocycles. The molecule has 3 aromatic heterocycles. The third-order valence-electron chi connectivity index (χ3n) is 7.22. The van der Waals surface area contributed by atoms with Gasteiger partial charge in [0, 0.05) is 5.25 Å². The minimum absolute atomic E-state index is 0.0287. The second kappa shape index (κ2) is 11.0. The molecule has 3 aromatic rings. The molecule has 4 aliphatic rings. The van der Waals surface area contributed by atoms with Gasteiger partial charge in [-0.15, -0.1) is 17.3 Å². The largest absolute Gasteiger partial charge is 0.382 e. The van der Waals surface area contributed by atoms with Crippen LogP contribution < -0.4 is 33.0 Å². The summed E-state index contributed by atoms with van der Waals surface area (Å²) < 4.78 is 46.7. The van der Waals surface area contributed by atoms with Gasteiger partial charge >= 0.3 is 13.4 Å². The first-order valence-electron chi connectivity index (χ1n) is 12.8. The van der Waals surface area contributed by atoms with Crippen molar-refractivity contribution in [2.75, 3.05) is 41.7 Å². The van der Waals surface area contributed by atoms with E-state index in [0.29, 0.717) is 0 Å². The molecule has 0 aromatic carbocycles. The Labute approximate surface area is 260 Å². The molecule has 0 radical (unpaired) electrons. The van der Waals surface area contributed by atoms with Crippen molar-refractivity contribution in [2.24, 2.45) is 0 Å². The van der Waals surface area contributed by atoms with Gasteiger partial charge in [0.2, 0.25) is 11.7 Å². The summed E-state index contributed by atoms with van der Waals surface area (Å²) in [6.45, 7) is -9.40. The second-order valence-corrected chi connectivity index (χ2v) is 17.1. The molecule has 7 rings (SSSR count). The molecular formula is C19H24FN11O8P2S3. The Balaban J connectivity index is 1.18. The average Bonchev–Trinajstić information content (AvgIpc) is 3.72. The number of thioether (sulfide) groups is 1. The quantitative estimate of drug-likeness (QED) is 0.166. The van der Waals surface area contributed by atoms with E-state index in [1.54, 1.807) is 0 Å². The summed E-state index contributed by atoms with van der Waals surface area (Å²) in [5, 5.41) is 0.442. The fourth-order valence-electron chi connectivity index (χ4n) is 5.28. The van der Waals surface area contributed by atoms with Crippen LogP contribution in [0.4, 0.5) is 27.7 Å². The summed E-state index contributed by atoms with van der Waals surface area (Å²) in [6.07, 6.45) is -1.14. The number of H-pyrrole nitrogens is 1. The third-order valence-corrected chi connectivity index (χ3v) is 11.9. The van der Waals surface area contributed by atoms with Crippen LogP contribution in [-0.4, -0.2) is 88.0 Å². The summed E-state index contributed by atoms with van der Waals surface area (Å²) in [5.74, 6) is -2.42. The number of nitrogens with one attached hydrogen (secondary N) is 3. The highest BCUT2D eigenvalue weighted by molar-refractivity contribution is 8.07. The molecule has 3 fully saturated rings. The number of nitrogen functional groups attached to an aromatic ring is 2. The lowest BCUT2D eigenvalue weighted by atomic mass is 10.1. The Kier molecular flexibility index (Phi) is 7.64. The van der Waals surface area contributed by atoms with E-state index in [2.05, 4.69) is 35.9 Å². The van der Waals surface area contributed by atoms with Gasteiger partial charge in [-0.3, -0.25) is 29.3 Å². The molecule has 3 saturated heterocycles. The highest BCUT2D eigenvalue weighted by Gasteiger charge is 2.57. The van der Waals surface area contributed by atoms with Crippen molar-refractivity contribution in [1.29, 1.82) is 0 Å². The number of hydrazine groups is 2. The number of fused-ring (bicyclic) bond motifs is 5. The first-order valence-corrected chi connectivity index (χ1v) is 18.9. The summed E-state index contributed by atoms with van der Waals surface area (Å²) >= 11 is 11.9. The van der Waals surface area contributed by atoms with E-state index in [9.17, 15) is 14.6 Å². The van der Waals surface area contributed by atoms with Crippen LogP contribution in [0.1, 0.15) is 6.42 Å². The monoisotopic (exact) mass is 711 g/mol. The zero-order chi connectivity index (χ0) is 31.0. The smallest absolute Gasteiger partial charge is 0.325 e. The van der Waals surface area contributed by atoms with Gasteiger partial charge in [0.1, 0.15) is 29.9 Å². The van der Waals surface area contributed by atoms with Crippen molar-refractivity contribution in [2.45, 2.75) is 41.1 Å². The number of ether oxygens (including phenoxy) is 1. The third kappa shape index (κ3) is 5.38. The standard InChI is InChI=1S/C19H24FN11O8P2S3/c20-19(30-6-25-10-13(21)23-5-24-14(10)30)4-35-9-3-37-40(33,42)38-8-1-7(2-36-41(34,43)39-12(9)19)44-17(8)31-15-11(28-29-31)16(32)27-18(22)26-15/h5-9,12,17,28-29H,1-4H2,(H,33,42)(H,34,43)(H2,21,23,24)(H3,22,26,27,32)/t7-,8+,9+,12+,17+,19+,40?,41?/m0/s1. The molecule has 8 atom stereocenters. The van der Waals surface area contributed by atoms with Gasteiger partial charge in [-0.05, 0) is 30.0 Å². The maximum absolute atomic E-state index is 16.9. The summed E-state index contributed by atoms with van der Waals surface area (Å²) in [4.78, 5) is 53.2. The van der Waals surface area contributed by atoms with Crippen LogP contribution in [0, 0.1) is 0 Å². The van der Waals surface area contributed by atoms with Crippen LogP contribution in [0.25, 0.3) is 11.2 Å². The van der Waals surface area contributed by atoms with Crippen molar-refractivity contribution in [3.05, 3.63) is 23.0 Å². The molecule has 0 spiro atoms. The molecule has 0 amide bonds.